The topological polar surface area (TPSA) is 94.2 Å². The Morgan fingerprint density at radius 1 is 1.07 bits per heavy atom. The summed E-state index contributed by atoms with van der Waals surface area (Å²) in [4.78, 5) is 12.4. The molecular formula is C20H26N2O6S. The monoisotopic (exact) mass is 422 g/mol. The third-order valence-electron chi connectivity index (χ3n) is 3.92. The molecule has 0 aliphatic rings. The number of nitrogens with zero attached hydrogens (tertiary/aromatic N) is 1. The van der Waals surface area contributed by atoms with E-state index in [1.807, 2.05) is 13.8 Å². The van der Waals surface area contributed by atoms with Crippen LogP contribution in [-0.4, -0.2) is 52.5 Å². The third kappa shape index (κ3) is 5.85. The van der Waals surface area contributed by atoms with Gasteiger partial charge in [-0.15, -0.1) is 0 Å². The summed E-state index contributed by atoms with van der Waals surface area (Å²) in [6, 6.07) is 11.2. The van der Waals surface area contributed by atoms with Crippen LogP contribution < -0.4 is 19.5 Å². The Bertz CT molecular complexity index is 959. The average molecular weight is 423 g/mol. The maximum Gasteiger partial charge on any atom is 0.243 e. The van der Waals surface area contributed by atoms with Gasteiger partial charge in [0.1, 0.15) is 5.75 Å². The van der Waals surface area contributed by atoms with Gasteiger partial charge in [-0.1, -0.05) is 6.07 Å². The van der Waals surface area contributed by atoms with E-state index in [1.165, 1.54) is 39.5 Å². The van der Waals surface area contributed by atoms with Crippen LogP contribution in [0.4, 0.5) is 5.69 Å². The quantitative estimate of drug-likeness (QED) is 0.668. The predicted molar refractivity (Wildman–Crippen MR) is 110 cm³/mol. The number of hydrogen-bond acceptors (Lipinski definition) is 6. The van der Waals surface area contributed by atoms with Crippen LogP contribution in [0, 0.1) is 0 Å². The molecule has 0 aliphatic carbocycles. The van der Waals surface area contributed by atoms with Gasteiger partial charge in [-0.25, -0.2) is 8.42 Å². The van der Waals surface area contributed by atoms with Crippen molar-refractivity contribution in [1.29, 1.82) is 0 Å². The molecule has 0 spiro atoms. The average Bonchev–Trinajstić information content (AvgIpc) is 2.66. The molecule has 29 heavy (non-hydrogen) atoms. The fourth-order valence-electron chi connectivity index (χ4n) is 2.56. The smallest absolute Gasteiger partial charge is 0.243 e. The minimum Gasteiger partial charge on any atom is -0.493 e. The maximum atomic E-state index is 12.8. The highest BCUT2D eigenvalue weighted by molar-refractivity contribution is 7.89. The number of methoxy groups -OCH3 is 2. The standard InChI is InChI=1S/C20H26N2O6S/c1-14(2)28-16-8-6-7-15(11-16)21-20(23)13-22(3)29(24,25)17-9-10-18(26-4)19(12-17)27-5/h6-12,14H,13H2,1-5H3,(H,21,23). The molecule has 1 N–H and O–H groups in total. The zero-order valence-electron chi connectivity index (χ0n) is 17.1. The molecule has 0 aromatic heterocycles. The molecule has 0 fully saturated rings. The molecule has 8 nitrogen and oxygen atoms in total. The van der Waals surface area contributed by atoms with Crippen LogP contribution in [0.5, 0.6) is 17.2 Å². The molecule has 0 aliphatic heterocycles. The van der Waals surface area contributed by atoms with Gasteiger partial charge in [-0.3, -0.25) is 4.79 Å². The van der Waals surface area contributed by atoms with Gasteiger partial charge in [0.2, 0.25) is 15.9 Å². The molecule has 0 heterocycles. The van der Waals surface area contributed by atoms with E-state index < -0.39 is 15.9 Å². The van der Waals surface area contributed by atoms with E-state index in [-0.39, 0.29) is 23.3 Å². The Kier molecular flexibility index (Phi) is 7.46. The van der Waals surface area contributed by atoms with Crippen molar-refractivity contribution in [2.45, 2.75) is 24.8 Å². The highest BCUT2D eigenvalue weighted by Crippen LogP contribution is 2.30. The maximum absolute atomic E-state index is 12.8. The normalized spacial score (nSPS) is 11.4. The fraction of sp³-hybridized carbons (Fsp3) is 0.350. The molecule has 2 aromatic carbocycles. The van der Waals surface area contributed by atoms with Crippen LogP contribution in [0.25, 0.3) is 0 Å². The van der Waals surface area contributed by atoms with Crippen molar-refractivity contribution in [2.75, 3.05) is 33.1 Å². The van der Waals surface area contributed by atoms with Crippen LogP contribution in [-0.2, 0) is 14.8 Å². The van der Waals surface area contributed by atoms with E-state index in [2.05, 4.69) is 5.32 Å². The fourth-order valence-corrected chi connectivity index (χ4v) is 3.71. The predicted octanol–water partition coefficient (Wildman–Crippen LogP) is 2.75. The van der Waals surface area contributed by atoms with Crippen molar-refractivity contribution in [2.24, 2.45) is 0 Å². The van der Waals surface area contributed by atoms with E-state index in [0.717, 1.165) is 4.31 Å². The first kappa shape index (κ1) is 22.5. The Labute approximate surface area is 171 Å². The summed E-state index contributed by atoms with van der Waals surface area (Å²) in [6.07, 6.45) is -0.00119. The zero-order chi connectivity index (χ0) is 21.6. The molecule has 0 saturated carbocycles. The van der Waals surface area contributed by atoms with Gasteiger partial charge in [0, 0.05) is 24.9 Å². The van der Waals surface area contributed by atoms with E-state index in [9.17, 15) is 13.2 Å². The molecule has 158 valence electrons. The molecular weight excluding hydrogens is 396 g/mol. The van der Waals surface area contributed by atoms with Crippen molar-refractivity contribution < 1.29 is 27.4 Å². The minimum absolute atomic E-state index is 0.00119. The summed E-state index contributed by atoms with van der Waals surface area (Å²) in [5.74, 6) is 0.839. The number of hydrogen-bond donors (Lipinski definition) is 1. The number of likely N-dealkylation sites (N-methyl/N-ethyl adjacent to an activating group) is 1. The van der Waals surface area contributed by atoms with Crippen LogP contribution in [0.2, 0.25) is 0 Å². The summed E-state index contributed by atoms with van der Waals surface area (Å²) in [6.45, 7) is 3.45. The first-order valence-corrected chi connectivity index (χ1v) is 10.4. The van der Waals surface area contributed by atoms with Crippen molar-refractivity contribution in [3.05, 3.63) is 42.5 Å². The van der Waals surface area contributed by atoms with Crippen LogP contribution in [0.3, 0.4) is 0 Å². The second-order valence-electron chi connectivity index (χ2n) is 6.52. The van der Waals surface area contributed by atoms with Crippen LogP contribution >= 0.6 is 0 Å². The number of nitrogens with one attached hydrogen (secondary N) is 1. The van der Waals surface area contributed by atoms with Gasteiger partial charge in [0.15, 0.2) is 11.5 Å². The number of ether oxygens (including phenoxy) is 3. The number of anilines is 1. The first-order valence-electron chi connectivity index (χ1n) is 8.92. The lowest BCUT2D eigenvalue weighted by Crippen LogP contribution is -2.35. The van der Waals surface area contributed by atoms with Gasteiger partial charge in [0.25, 0.3) is 0 Å². The number of carbonyl (C=O) groups is 1. The third-order valence-corrected chi connectivity index (χ3v) is 5.72. The highest BCUT2D eigenvalue weighted by atomic mass is 32.2. The number of carbonyl (C=O) groups excluding carboxylic acids is 1. The lowest BCUT2D eigenvalue weighted by molar-refractivity contribution is -0.116. The molecule has 0 radical (unpaired) electrons. The van der Waals surface area contributed by atoms with E-state index >= 15 is 0 Å². The molecule has 0 saturated heterocycles. The van der Waals surface area contributed by atoms with Crippen molar-refractivity contribution in [1.82, 2.24) is 4.31 Å². The molecule has 9 heteroatoms. The molecule has 1 amide bonds. The Morgan fingerprint density at radius 2 is 1.76 bits per heavy atom. The lowest BCUT2D eigenvalue weighted by atomic mass is 10.3. The van der Waals surface area contributed by atoms with Crippen molar-refractivity contribution >= 4 is 21.6 Å². The highest BCUT2D eigenvalue weighted by Gasteiger charge is 2.24. The van der Waals surface area contributed by atoms with E-state index in [0.29, 0.717) is 17.2 Å². The molecule has 0 bridgehead atoms. The molecule has 0 unspecified atom stereocenters. The molecule has 2 rings (SSSR count). The summed E-state index contributed by atoms with van der Waals surface area (Å²) in [7, 11) is 0.323. The van der Waals surface area contributed by atoms with E-state index in [4.69, 9.17) is 14.2 Å². The van der Waals surface area contributed by atoms with Gasteiger partial charge in [-0.05, 0) is 38.1 Å². The minimum atomic E-state index is -3.90. The van der Waals surface area contributed by atoms with Gasteiger partial charge in [0.05, 0.1) is 31.8 Å². The zero-order valence-corrected chi connectivity index (χ0v) is 17.9. The SMILES string of the molecule is COc1ccc(S(=O)(=O)N(C)CC(=O)Nc2cccc(OC(C)C)c2)cc1OC. The summed E-state index contributed by atoms with van der Waals surface area (Å²) in [5, 5.41) is 2.68. The van der Waals surface area contributed by atoms with Gasteiger partial charge < -0.3 is 19.5 Å². The van der Waals surface area contributed by atoms with Crippen molar-refractivity contribution in [3.63, 3.8) is 0 Å². The summed E-state index contributed by atoms with van der Waals surface area (Å²) in [5.41, 5.74) is 0.519. The van der Waals surface area contributed by atoms with Crippen LogP contribution in [0.15, 0.2) is 47.4 Å². The van der Waals surface area contributed by atoms with Gasteiger partial charge >= 0.3 is 0 Å². The Hall–Kier alpha value is -2.78. The number of amides is 1. The number of benzene rings is 2. The molecule has 2 aromatic rings. The Morgan fingerprint density at radius 3 is 2.38 bits per heavy atom. The number of sulfonamides is 1. The first-order chi connectivity index (χ1) is 13.7. The van der Waals surface area contributed by atoms with Gasteiger partial charge in [-0.2, -0.15) is 4.31 Å². The Balaban J connectivity index is 2.10. The number of rotatable bonds is 9. The van der Waals surface area contributed by atoms with Crippen LogP contribution in [0.1, 0.15) is 13.8 Å². The second-order valence-corrected chi connectivity index (χ2v) is 8.57. The second kappa shape index (κ2) is 9.62. The summed E-state index contributed by atoms with van der Waals surface area (Å²) < 4.78 is 42.4. The lowest BCUT2D eigenvalue weighted by Gasteiger charge is -2.18. The van der Waals surface area contributed by atoms with E-state index in [1.54, 1.807) is 24.3 Å². The van der Waals surface area contributed by atoms with Crippen molar-refractivity contribution in [3.8, 4) is 17.2 Å². The molecule has 0 atom stereocenters. The summed E-state index contributed by atoms with van der Waals surface area (Å²) >= 11 is 0. The largest absolute Gasteiger partial charge is 0.493 e.